The van der Waals surface area contributed by atoms with Crippen LogP contribution in [-0.2, 0) is 6.42 Å². The number of nitrogens with zero attached hydrogens (tertiary/aromatic N) is 5. The molecule has 0 aliphatic heterocycles. The molecule has 2 N–H and O–H groups in total. The Bertz CT molecular complexity index is 1250. The summed E-state index contributed by atoms with van der Waals surface area (Å²) in [5, 5.41) is 13.0. The van der Waals surface area contributed by atoms with Gasteiger partial charge in [0.05, 0.1) is 23.7 Å². The summed E-state index contributed by atoms with van der Waals surface area (Å²) in [4.78, 5) is 17.1. The molecule has 0 saturated carbocycles. The topological polar surface area (TPSA) is 88.2 Å². The van der Waals surface area contributed by atoms with E-state index in [0.29, 0.717) is 27.8 Å². The predicted octanol–water partition coefficient (Wildman–Crippen LogP) is 3.89. The number of aliphatic hydroxyl groups is 1. The maximum absolute atomic E-state index is 14.2. The summed E-state index contributed by atoms with van der Waals surface area (Å²) < 4.78 is 30.0. The molecule has 0 fully saturated rings. The molecule has 7 nitrogen and oxygen atoms in total. The van der Waals surface area contributed by atoms with Crippen LogP contribution in [0, 0.1) is 11.6 Å². The fraction of sp³-hybridized carbons (Fsp3) is 0.238. The van der Waals surface area contributed by atoms with Crippen LogP contribution < -0.4 is 5.32 Å². The second-order valence-electron chi connectivity index (χ2n) is 7.67. The summed E-state index contributed by atoms with van der Waals surface area (Å²) in [6, 6.07) is 6.39. The van der Waals surface area contributed by atoms with Crippen LogP contribution in [0.2, 0.25) is 5.15 Å². The van der Waals surface area contributed by atoms with E-state index in [-0.39, 0.29) is 30.4 Å². The SMILES string of the molecule is CC(C)(O)CNc1nc(-c2cn3c(Cl)cnc3c(Cc3ccccc3F)n2)ncc1F. The van der Waals surface area contributed by atoms with Crippen molar-refractivity contribution in [1.82, 2.24) is 24.3 Å². The third-order valence-corrected chi connectivity index (χ3v) is 4.77. The second kappa shape index (κ2) is 8.16. The molecule has 3 heterocycles. The molecular formula is C21H19ClF2N6O. The first-order chi connectivity index (χ1) is 14.7. The zero-order valence-corrected chi connectivity index (χ0v) is 17.5. The number of rotatable bonds is 6. The molecule has 0 spiro atoms. The predicted molar refractivity (Wildman–Crippen MR) is 113 cm³/mol. The fourth-order valence-corrected chi connectivity index (χ4v) is 3.16. The van der Waals surface area contributed by atoms with Crippen molar-refractivity contribution in [2.75, 3.05) is 11.9 Å². The number of anilines is 1. The summed E-state index contributed by atoms with van der Waals surface area (Å²) in [6.45, 7) is 3.26. The van der Waals surface area contributed by atoms with Crippen LogP contribution in [0.1, 0.15) is 25.1 Å². The number of aromatic nitrogens is 5. The van der Waals surface area contributed by atoms with Gasteiger partial charge in [-0.2, -0.15) is 0 Å². The van der Waals surface area contributed by atoms with Crippen molar-refractivity contribution in [2.45, 2.75) is 25.9 Å². The van der Waals surface area contributed by atoms with Gasteiger partial charge in [-0.25, -0.2) is 28.7 Å². The van der Waals surface area contributed by atoms with Crippen LogP contribution in [0.5, 0.6) is 0 Å². The second-order valence-corrected chi connectivity index (χ2v) is 8.06. The molecule has 0 atom stereocenters. The molecule has 0 amide bonds. The molecule has 3 aromatic heterocycles. The van der Waals surface area contributed by atoms with Crippen molar-refractivity contribution >= 4 is 23.1 Å². The zero-order chi connectivity index (χ0) is 22.2. The average molecular weight is 445 g/mol. The van der Waals surface area contributed by atoms with Gasteiger partial charge in [-0.3, -0.25) is 4.40 Å². The molecule has 0 unspecified atom stereocenters. The van der Waals surface area contributed by atoms with Gasteiger partial charge in [-0.05, 0) is 25.5 Å². The maximum Gasteiger partial charge on any atom is 0.183 e. The number of benzene rings is 1. The monoisotopic (exact) mass is 444 g/mol. The van der Waals surface area contributed by atoms with Gasteiger partial charge >= 0.3 is 0 Å². The van der Waals surface area contributed by atoms with Gasteiger partial charge in [0.1, 0.15) is 16.7 Å². The number of imidazole rings is 1. The van der Waals surface area contributed by atoms with E-state index in [1.807, 2.05) is 0 Å². The van der Waals surface area contributed by atoms with E-state index in [1.54, 1.807) is 42.6 Å². The lowest BCUT2D eigenvalue weighted by molar-refractivity contribution is 0.0943. The summed E-state index contributed by atoms with van der Waals surface area (Å²) in [7, 11) is 0. The van der Waals surface area contributed by atoms with E-state index < -0.39 is 11.4 Å². The molecule has 0 radical (unpaired) electrons. The van der Waals surface area contributed by atoms with Gasteiger partial charge in [-0.15, -0.1) is 0 Å². The molecule has 4 rings (SSSR count). The lowest BCUT2D eigenvalue weighted by atomic mass is 10.1. The fourth-order valence-electron chi connectivity index (χ4n) is 2.99. The highest BCUT2D eigenvalue weighted by Crippen LogP contribution is 2.24. The Balaban J connectivity index is 1.78. The highest BCUT2D eigenvalue weighted by molar-refractivity contribution is 6.29. The molecule has 4 aromatic rings. The van der Waals surface area contributed by atoms with Crippen molar-refractivity contribution in [2.24, 2.45) is 0 Å². The largest absolute Gasteiger partial charge is 0.389 e. The van der Waals surface area contributed by atoms with Crippen LogP contribution in [0.4, 0.5) is 14.6 Å². The first-order valence-corrected chi connectivity index (χ1v) is 9.84. The van der Waals surface area contributed by atoms with E-state index >= 15 is 0 Å². The number of hydrogen-bond acceptors (Lipinski definition) is 6. The zero-order valence-electron chi connectivity index (χ0n) is 16.8. The van der Waals surface area contributed by atoms with Crippen molar-refractivity contribution in [3.8, 4) is 11.5 Å². The maximum atomic E-state index is 14.2. The Morgan fingerprint density at radius 2 is 1.87 bits per heavy atom. The lowest BCUT2D eigenvalue weighted by Gasteiger charge is -2.18. The summed E-state index contributed by atoms with van der Waals surface area (Å²) in [6.07, 6.45) is 4.24. The lowest BCUT2D eigenvalue weighted by Crippen LogP contribution is -2.30. The Hall–Kier alpha value is -3.17. The van der Waals surface area contributed by atoms with E-state index in [2.05, 4.69) is 25.3 Å². The van der Waals surface area contributed by atoms with Gasteiger partial charge in [0.2, 0.25) is 0 Å². The Kier molecular flexibility index (Phi) is 5.55. The number of halogens is 3. The van der Waals surface area contributed by atoms with E-state index in [9.17, 15) is 13.9 Å². The van der Waals surface area contributed by atoms with Crippen LogP contribution >= 0.6 is 11.6 Å². The Labute approximate surface area is 181 Å². The highest BCUT2D eigenvalue weighted by Gasteiger charge is 2.18. The van der Waals surface area contributed by atoms with Crippen molar-refractivity contribution < 1.29 is 13.9 Å². The Morgan fingerprint density at radius 1 is 1.10 bits per heavy atom. The number of hydrogen-bond donors (Lipinski definition) is 2. The van der Waals surface area contributed by atoms with Crippen LogP contribution in [0.3, 0.4) is 0 Å². The first kappa shape index (κ1) is 21.1. The third kappa shape index (κ3) is 4.62. The van der Waals surface area contributed by atoms with Crippen molar-refractivity contribution in [1.29, 1.82) is 0 Å². The summed E-state index contributed by atoms with van der Waals surface area (Å²) in [5.41, 5.74) is 0.630. The highest BCUT2D eigenvalue weighted by atomic mass is 35.5. The molecule has 1 aromatic carbocycles. The van der Waals surface area contributed by atoms with Gasteiger partial charge in [-0.1, -0.05) is 29.8 Å². The van der Waals surface area contributed by atoms with Crippen LogP contribution in [-0.4, -0.2) is 41.6 Å². The average Bonchev–Trinajstić information content (AvgIpc) is 3.09. The van der Waals surface area contributed by atoms with Crippen LogP contribution in [0.15, 0.2) is 42.9 Å². The van der Waals surface area contributed by atoms with Crippen LogP contribution in [0.25, 0.3) is 17.2 Å². The summed E-state index contributed by atoms with van der Waals surface area (Å²) in [5.74, 6) is -0.953. The minimum atomic E-state index is -1.06. The normalized spacial score (nSPS) is 11.8. The standard InChI is InChI=1S/C21H19ClF2N6O/c1-21(2,31)11-27-18-14(24)8-25-19(29-18)16-10-30-17(22)9-26-20(30)15(28-16)7-12-5-3-4-6-13(12)23/h3-6,8-10,31H,7,11H2,1-2H3,(H,25,27,29). The molecule has 0 aliphatic rings. The van der Waals surface area contributed by atoms with Gasteiger partial charge < -0.3 is 10.4 Å². The van der Waals surface area contributed by atoms with Gasteiger partial charge in [0.15, 0.2) is 23.1 Å². The molecule has 31 heavy (non-hydrogen) atoms. The van der Waals surface area contributed by atoms with Crippen molar-refractivity contribution in [3.63, 3.8) is 0 Å². The smallest absolute Gasteiger partial charge is 0.183 e. The van der Waals surface area contributed by atoms with Gasteiger partial charge in [0, 0.05) is 19.2 Å². The number of fused-ring (bicyclic) bond motifs is 1. The minimum Gasteiger partial charge on any atom is -0.389 e. The molecular weight excluding hydrogens is 426 g/mol. The van der Waals surface area contributed by atoms with E-state index in [0.717, 1.165) is 6.20 Å². The minimum absolute atomic E-state index is 0.0681. The van der Waals surface area contributed by atoms with Crippen molar-refractivity contribution in [3.05, 3.63) is 70.9 Å². The van der Waals surface area contributed by atoms with E-state index in [4.69, 9.17) is 11.6 Å². The van der Waals surface area contributed by atoms with E-state index in [1.165, 1.54) is 12.3 Å². The third-order valence-electron chi connectivity index (χ3n) is 4.49. The molecule has 0 bridgehead atoms. The quantitative estimate of drug-likeness (QED) is 0.469. The Morgan fingerprint density at radius 3 is 2.61 bits per heavy atom. The molecule has 0 aliphatic carbocycles. The molecule has 10 heteroatoms. The summed E-state index contributed by atoms with van der Waals surface area (Å²) >= 11 is 6.25. The van der Waals surface area contributed by atoms with Gasteiger partial charge in [0.25, 0.3) is 0 Å². The number of nitrogens with one attached hydrogen (secondary N) is 1. The molecule has 0 saturated heterocycles. The first-order valence-electron chi connectivity index (χ1n) is 9.46. The molecule has 160 valence electrons.